The maximum Gasteiger partial charge on any atom is 0.244 e. The first-order chi connectivity index (χ1) is 9.98. The Morgan fingerprint density at radius 2 is 2.19 bits per heavy atom. The van der Waals surface area contributed by atoms with Crippen LogP contribution in [0.4, 0.5) is 0 Å². The van der Waals surface area contributed by atoms with Crippen LogP contribution in [0.5, 0.6) is 0 Å². The zero-order valence-electron chi connectivity index (χ0n) is 12.4. The largest absolute Gasteiger partial charge is 0.305 e. The van der Waals surface area contributed by atoms with Gasteiger partial charge in [0.15, 0.2) is 0 Å². The van der Waals surface area contributed by atoms with Crippen molar-refractivity contribution in [3.63, 3.8) is 0 Å². The lowest BCUT2D eigenvalue weighted by Crippen LogP contribution is -2.43. The molecule has 0 aliphatic carbocycles. The first-order valence-electron chi connectivity index (χ1n) is 7.04. The van der Waals surface area contributed by atoms with E-state index in [1.165, 1.54) is 18.5 Å². The molecule has 0 saturated carbocycles. The summed E-state index contributed by atoms with van der Waals surface area (Å²) in [7, 11) is -1.60. The number of pyridine rings is 1. The summed E-state index contributed by atoms with van der Waals surface area (Å²) in [5.74, 6) is 0. The maximum atomic E-state index is 12.8. The minimum atomic E-state index is -3.61. The Hall–Kier alpha value is -1.49. The van der Waals surface area contributed by atoms with Gasteiger partial charge in [-0.25, -0.2) is 8.42 Å². The van der Waals surface area contributed by atoms with E-state index >= 15 is 0 Å². The first-order valence-corrected chi connectivity index (χ1v) is 8.48. The van der Waals surface area contributed by atoms with Crippen molar-refractivity contribution in [3.05, 3.63) is 24.0 Å². The number of rotatable bonds is 3. The molecule has 1 fully saturated rings. The summed E-state index contributed by atoms with van der Waals surface area (Å²) in [4.78, 5) is 6.13. The molecule has 21 heavy (non-hydrogen) atoms. The number of hydrogen-bond donors (Lipinski definition) is 0. The van der Waals surface area contributed by atoms with Gasteiger partial charge in [-0.15, -0.1) is 0 Å². The van der Waals surface area contributed by atoms with Crippen molar-refractivity contribution in [2.75, 3.05) is 26.7 Å². The molecule has 2 heterocycles. The predicted octanol–water partition coefficient (Wildman–Crippen LogP) is 1.06. The number of hydrogen-bond acceptors (Lipinski definition) is 5. The number of likely N-dealkylation sites (N-methyl/N-ethyl adjacent to an activating group) is 1. The summed E-state index contributed by atoms with van der Waals surface area (Å²) in [6.07, 6.45) is 4.25. The monoisotopic (exact) mass is 308 g/mol. The SMILES string of the molecule is CCC1CN(C)CCCN1S(=O)(=O)c1cncc(C#N)c1. The van der Waals surface area contributed by atoms with Crippen molar-refractivity contribution >= 4 is 10.0 Å². The highest BCUT2D eigenvalue weighted by atomic mass is 32.2. The van der Waals surface area contributed by atoms with Gasteiger partial charge in [-0.1, -0.05) is 6.92 Å². The molecule has 114 valence electrons. The Morgan fingerprint density at radius 1 is 1.43 bits per heavy atom. The second-order valence-corrected chi connectivity index (χ2v) is 7.21. The van der Waals surface area contributed by atoms with Crippen molar-refractivity contribution in [1.29, 1.82) is 5.26 Å². The van der Waals surface area contributed by atoms with E-state index in [-0.39, 0.29) is 16.5 Å². The summed E-state index contributed by atoms with van der Waals surface area (Å²) in [6, 6.07) is 3.28. The fourth-order valence-corrected chi connectivity index (χ4v) is 4.35. The molecule has 0 spiro atoms. The average Bonchev–Trinajstić information content (AvgIpc) is 2.68. The fourth-order valence-electron chi connectivity index (χ4n) is 2.63. The van der Waals surface area contributed by atoms with Crippen LogP contribution >= 0.6 is 0 Å². The Labute approximate surface area is 126 Å². The molecular formula is C14H20N4O2S. The molecule has 0 radical (unpaired) electrons. The third-order valence-corrected chi connectivity index (χ3v) is 5.69. The van der Waals surface area contributed by atoms with Crippen LogP contribution in [0.25, 0.3) is 0 Å². The van der Waals surface area contributed by atoms with Crippen LogP contribution in [0, 0.1) is 11.3 Å². The molecule has 1 aliphatic rings. The van der Waals surface area contributed by atoms with Gasteiger partial charge in [0.2, 0.25) is 10.0 Å². The van der Waals surface area contributed by atoms with Crippen LogP contribution in [0.2, 0.25) is 0 Å². The van der Waals surface area contributed by atoms with E-state index < -0.39 is 10.0 Å². The Bertz CT molecular complexity index is 639. The molecule has 0 bridgehead atoms. The molecule has 0 N–H and O–H groups in total. The molecule has 1 aliphatic heterocycles. The lowest BCUT2D eigenvalue weighted by Gasteiger charge is -2.29. The minimum absolute atomic E-state index is 0.0479. The summed E-state index contributed by atoms with van der Waals surface area (Å²) in [6.45, 7) is 4.11. The first kappa shape index (κ1) is 15.9. The third-order valence-electron chi connectivity index (χ3n) is 3.77. The van der Waals surface area contributed by atoms with Crippen molar-refractivity contribution < 1.29 is 8.42 Å². The van der Waals surface area contributed by atoms with E-state index in [0.717, 1.165) is 25.9 Å². The number of nitriles is 1. The fraction of sp³-hybridized carbons (Fsp3) is 0.571. The highest BCUT2D eigenvalue weighted by Crippen LogP contribution is 2.22. The van der Waals surface area contributed by atoms with E-state index in [1.807, 2.05) is 20.0 Å². The van der Waals surface area contributed by atoms with Gasteiger partial charge in [-0.2, -0.15) is 9.57 Å². The van der Waals surface area contributed by atoms with Gasteiger partial charge < -0.3 is 4.90 Å². The van der Waals surface area contributed by atoms with Crippen molar-refractivity contribution in [2.45, 2.75) is 30.7 Å². The molecule has 1 aromatic rings. The number of aromatic nitrogens is 1. The zero-order chi connectivity index (χ0) is 15.5. The van der Waals surface area contributed by atoms with E-state index in [4.69, 9.17) is 5.26 Å². The van der Waals surface area contributed by atoms with E-state index in [2.05, 4.69) is 9.88 Å². The van der Waals surface area contributed by atoms with Crippen LogP contribution in [-0.4, -0.2) is 55.3 Å². The minimum Gasteiger partial charge on any atom is -0.305 e. The third kappa shape index (κ3) is 3.40. The van der Waals surface area contributed by atoms with Crippen molar-refractivity contribution in [2.24, 2.45) is 0 Å². The molecule has 1 unspecified atom stereocenters. The van der Waals surface area contributed by atoms with Crippen LogP contribution in [0.15, 0.2) is 23.4 Å². The lowest BCUT2D eigenvalue weighted by atomic mass is 10.2. The summed E-state index contributed by atoms with van der Waals surface area (Å²) in [5.41, 5.74) is 0.260. The van der Waals surface area contributed by atoms with Gasteiger partial charge in [0.05, 0.1) is 5.56 Å². The second-order valence-electron chi connectivity index (χ2n) is 5.31. The summed E-state index contributed by atoms with van der Waals surface area (Å²) in [5, 5.41) is 8.91. The van der Waals surface area contributed by atoms with Crippen molar-refractivity contribution in [3.8, 4) is 6.07 Å². The second kappa shape index (κ2) is 6.52. The molecule has 7 heteroatoms. The van der Waals surface area contributed by atoms with E-state index in [0.29, 0.717) is 6.54 Å². The maximum absolute atomic E-state index is 12.8. The number of sulfonamides is 1. The van der Waals surface area contributed by atoms with E-state index in [1.54, 1.807) is 4.31 Å². The van der Waals surface area contributed by atoms with Crippen LogP contribution < -0.4 is 0 Å². The molecule has 2 rings (SSSR count). The Kier molecular flexibility index (Phi) is 4.93. The molecule has 0 aromatic carbocycles. The summed E-state index contributed by atoms with van der Waals surface area (Å²) >= 11 is 0. The van der Waals surface area contributed by atoms with Gasteiger partial charge in [-0.3, -0.25) is 4.98 Å². The predicted molar refractivity (Wildman–Crippen MR) is 79.0 cm³/mol. The van der Waals surface area contributed by atoms with Crippen LogP contribution in [-0.2, 0) is 10.0 Å². The van der Waals surface area contributed by atoms with Gasteiger partial charge in [0.1, 0.15) is 11.0 Å². The quantitative estimate of drug-likeness (QED) is 0.834. The van der Waals surface area contributed by atoms with Crippen molar-refractivity contribution in [1.82, 2.24) is 14.2 Å². The number of nitrogens with zero attached hydrogens (tertiary/aromatic N) is 4. The van der Waals surface area contributed by atoms with Crippen LogP contribution in [0.3, 0.4) is 0 Å². The normalized spacial score (nSPS) is 21.7. The molecule has 1 aromatic heterocycles. The molecule has 1 atom stereocenters. The smallest absolute Gasteiger partial charge is 0.244 e. The van der Waals surface area contributed by atoms with Gasteiger partial charge in [0.25, 0.3) is 0 Å². The molecular weight excluding hydrogens is 288 g/mol. The highest BCUT2D eigenvalue weighted by molar-refractivity contribution is 7.89. The Balaban J connectivity index is 2.38. The van der Waals surface area contributed by atoms with Gasteiger partial charge >= 0.3 is 0 Å². The lowest BCUT2D eigenvalue weighted by molar-refractivity contribution is 0.270. The highest BCUT2D eigenvalue weighted by Gasteiger charge is 2.33. The summed E-state index contributed by atoms with van der Waals surface area (Å²) < 4.78 is 27.2. The zero-order valence-corrected chi connectivity index (χ0v) is 13.2. The average molecular weight is 308 g/mol. The standard InChI is InChI=1S/C14H20N4O2S/c1-3-13-11-17(2)5-4-6-18(13)21(19,20)14-7-12(8-15)9-16-10-14/h7,9-10,13H,3-6,11H2,1-2H3. The molecule has 6 nitrogen and oxygen atoms in total. The molecule has 1 saturated heterocycles. The molecule has 0 amide bonds. The van der Waals surface area contributed by atoms with Gasteiger partial charge in [-0.05, 0) is 32.5 Å². The van der Waals surface area contributed by atoms with E-state index in [9.17, 15) is 8.42 Å². The van der Waals surface area contributed by atoms with Crippen LogP contribution in [0.1, 0.15) is 25.3 Å². The topological polar surface area (TPSA) is 77.3 Å². The van der Waals surface area contributed by atoms with Gasteiger partial charge in [0, 0.05) is 31.5 Å². The Morgan fingerprint density at radius 3 is 2.86 bits per heavy atom.